The molecule has 0 unspecified atom stereocenters. The lowest BCUT2D eigenvalue weighted by Crippen LogP contribution is -2.07. The molecule has 0 amide bonds. The van der Waals surface area contributed by atoms with Crippen LogP contribution in [0.2, 0.25) is 0 Å². The van der Waals surface area contributed by atoms with Gasteiger partial charge in [-0.15, -0.1) is 0 Å². The van der Waals surface area contributed by atoms with Crippen molar-refractivity contribution < 1.29 is 22.0 Å². The molecule has 0 aliphatic heterocycles. The summed E-state index contributed by atoms with van der Waals surface area (Å²) in [6.07, 6.45) is -4.62. The van der Waals surface area contributed by atoms with Crippen LogP contribution < -0.4 is 0 Å². The van der Waals surface area contributed by atoms with Gasteiger partial charge in [0.1, 0.15) is 11.6 Å². The summed E-state index contributed by atoms with van der Waals surface area (Å²) in [5, 5.41) is 0. The van der Waals surface area contributed by atoms with Crippen molar-refractivity contribution >= 4 is 0 Å². The van der Waals surface area contributed by atoms with Crippen LogP contribution in [0.5, 0.6) is 0 Å². The third-order valence-electron chi connectivity index (χ3n) is 2.77. The van der Waals surface area contributed by atoms with E-state index < -0.39 is 28.9 Å². The minimum Gasteiger partial charge on any atom is -0.207 e. The van der Waals surface area contributed by atoms with Crippen molar-refractivity contribution in [3.63, 3.8) is 0 Å². The predicted molar refractivity (Wildman–Crippen MR) is 61.5 cm³/mol. The van der Waals surface area contributed by atoms with Crippen molar-refractivity contribution in [1.29, 1.82) is 0 Å². The number of alkyl halides is 3. The second-order valence-electron chi connectivity index (χ2n) is 4.12. The number of rotatable bonds is 1. The summed E-state index contributed by atoms with van der Waals surface area (Å²) < 4.78 is 65.7. The summed E-state index contributed by atoms with van der Waals surface area (Å²) in [5.41, 5.74) is -1.70. The van der Waals surface area contributed by atoms with Crippen molar-refractivity contribution in [2.24, 2.45) is 0 Å². The molecule has 0 bridgehead atoms. The molecule has 0 N–H and O–H groups in total. The first-order chi connectivity index (χ1) is 8.80. The van der Waals surface area contributed by atoms with E-state index in [1.807, 2.05) is 0 Å². The Labute approximate surface area is 106 Å². The molecule has 5 heteroatoms. The molecular formula is C14H9F5. The molecule has 0 saturated heterocycles. The average Bonchev–Trinajstić information content (AvgIpc) is 2.33. The lowest BCUT2D eigenvalue weighted by atomic mass is 9.97. The van der Waals surface area contributed by atoms with Crippen molar-refractivity contribution in [2.75, 3.05) is 0 Å². The highest BCUT2D eigenvalue weighted by Crippen LogP contribution is 2.38. The van der Waals surface area contributed by atoms with Gasteiger partial charge in [0.05, 0.1) is 5.56 Å². The fraction of sp³-hybridized carbons (Fsp3) is 0.143. The van der Waals surface area contributed by atoms with Crippen LogP contribution in [0.25, 0.3) is 11.1 Å². The Morgan fingerprint density at radius 3 is 2.11 bits per heavy atom. The number of halogens is 5. The Hall–Kier alpha value is -1.91. The molecule has 100 valence electrons. The molecule has 0 radical (unpaired) electrons. The fourth-order valence-corrected chi connectivity index (χ4v) is 1.82. The van der Waals surface area contributed by atoms with E-state index in [9.17, 15) is 22.0 Å². The van der Waals surface area contributed by atoms with Gasteiger partial charge in [0.25, 0.3) is 0 Å². The van der Waals surface area contributed by atoms with Crippen LogP contribution in [-0.4, -0.2) is 0 Å². The molecule has 0 aliphatic rings. The van der Waals surface area contributed by atoms with Crippen LogP contribution in [0.15, 0.2) is 36.4 Å². The second kappa shape index (κ2) is 4.64. The molecule has 0 heterocycles. The lowest BCUT2D eigenvalue weighted by Gasteiger charge is -2.13. The SMILES string of the molecule is Cc1cc(F)c(-c2ccccc2C(F)(F)F)cc1F. The topological polar surface area (TPSA) is 0 Å². The molecule has 0 nitrogen and oxygen atoms in total. The Kier molecular flexibility index (Phi) is 3.30. The fourth-order valence-electron chi connectivity index (χ4n) is 1.82. The second-order valence-corrected chi connectivity index (χ2v) is 4.12. The monoisotopic (exact) mass is 272 g/mol. The Balaban J connectivity index is 2.70. The first-order valence-electron chi connectivity index (χ1n) is 5.43. The van der Waals surface area contributed by atoms with Crippen LogP contribution in [0.3, 0.4) is 0 Å². The molecule has 19 heavy (non-hydrogen) atoms. The van der Waals surface area contributed by atoms with E-state index in [4.69, 9.17) is 0 Å². The zero-order chi connectivity index (χ0) is 14.2. The largest absolute Gasteiger partial charge is 0.417 e. The van der Waals surface area contributed by atoms with Crippen LogP contribution in [0, 0.1) is 18.6 Å². The summed E-state index contributed by atoms with van der Waals surface area (Å²) >= 11 is 0. The first kappa shape index (κ1) is 13.5. The minimum absolute atomic E-state index is 0.0470. The van der Waals surface area contributed by atoms with Gasteiger partial charge in [-0.25, -0.2) is 8.78 Å². The predicted octanol–water partition coefficient (Wildman–Crippen LogP) is 4.96. The number of benzene rings is 2. The van der Waals surface area contributed by atoms with E-state index in [0.717, 1.165) is 24.3 Å². The van der Waals surface area contributed by atoms with Crippen LogP contribution >= 0.6 is 0 Å². The van der Waals surface area contributed by atoms with Gasteiger partial charge in [0.2, 0.25) is 0 Å². The number of aryl methyl sites for hydroxylation is 1. The zero-order valence-electron chi connectivity index (χ0n) is 9.85. The number of hydrogen-bond acceptors (Lipinski definition) is 0. The van der Waals surface area contributed by atoms with E-state index in [2.05, 4.69) is 0 Å². The van der Waals surface area contributed by atoms with Crippen LogP contribution in [0.4, 0.5) is 22.0 Å². The van der Waals surface area contributed by atoms with Gasteiger partial charge in [-0.2, -0.15) is 13.2 Å². The lowest BCUT2D eigenvalue weighted by molar-refractivity contribution is -0.137. The third-order valence-corrected chi connectivity index (χ3v) is 2.77. The quantitative estimate of drug-likeness (QED) is 0.644. The van der Waals surface area contributed by atoms with Crippen LogP contribution in [-0.2, 0) is 6.18 Å². The van der Waals surface area contributed by atoms with E-state index in [-0.39, 0.29) is 11.1 Å². The summed E-state index contributed by atoms with van der Waals surface area (Å²) in [7, 11) is 0. The van der Waals surface area contributed by atoms with Gasteiger partial charge in [-0.05, 0) is 36.2 Å². The van der Waals surface area contributed by atoms with Crippen molar-refractivity contribution in [2.45, 2.75) is 13.1 Å². The van der Waals surface area contributed by atoms with Crippen LogP contribution in [0.1, 0.15) is 11.1 Å². The number of hydrogen-bond donors (Lipinski definition) is 0. The molecule has 0 fully saturated rings. The molecule has 0 atom stereocenters. The highest BCUT2D eigenvalue weighted by Gasteiger charge is 2.34. The van der Waals surface area contributed by atoms with Gasteiger partial charge in [-0.1, -0.05) is 18.2 Å². The molecule has 2 aromatic rings. The Bertz CT molecular complexity index is 614. The van der Waals surface area contributed by atoms with E-state index in [1.165, 1.54) is 19.1 Å². The molecule has 0 aliphatic carbocycles. The average molecular weight is 272 g/mol. The van der Waals surface area contributed by atoms with Crippen molar-refractivity contribution in [1.82, 2.24) is 0 Å². The highest BCUT2D eigenvalue weighted by molar-refractivity contribution is 5.69. The summed E-state index contributed by atoms with van der Waals surface area (Å²) in [4.78, 5) is 0. The summed E-state index contributed by atoms with van der Waals surface area (Å²) in [5.74, 6) is -1.62. The van der Waals surface area contributed by atoms with E-state index >= 15 is 0 Å². The highest BCUT2D eigenvalue weighted by atomic mass is 19.4. The van der Waals surface area contributed by atoms with Gasteiger partial charge >= 0.3 is 6.18 Å². The van der Waals surface area contributed by atoms with Crippen molar-refractivity contribution in [3.8, 4) is 11.1 Å². The standard InChI is InChI=1S/C14H9F5/c1-8-6-13(16)10(7-12(8)15)9-4-2-3-5-11(9)14(17,18)19/h2-7H,1H3. The molecule has 2 aromatic carbocycles. The Morgan fingerprint density at radius 2 is 1.47 bits per heavy atom. The smallest absolute Gasteiger partial charge is 0.207 e. The molecule has 0 aromatic heterocycles. The molecular weight excluding hydrogens is 263 g/mol. The van der Waals surface area contributed by atoms with Gasteiger partial charge in [-0.3, -0.25) is 0 Å². The third kappa shape index (κ3) is 2.59. The van der Waals surface area contributed by atoms with E-state index in [1.54, 1.807) is 0 Å². The molecule has 0 spiro atoms. The molecule has 0 saturated carbocycles. The van der Waals surface area contributed by atoms with Gasteiger partial charge < -0.3 is 0 Å². The van der Waals surface area contributed by atoms with Gasteiger partial charge in [0, 0.05) is 5.56 Å². The normalized spacial score (nSPS) is 11.7. The summed E-state index contributed by atoms with van der Waals surface area (Å²) in [6, 6.07) is 6.19. The van der Waals surface area contributed by atoms with E-state index in [0.29, 0.717) is 0 Å². The first-order valence-corrected chi connectivity index (χ1v) is 5.43. The zero-order valence-corrected chi connectivity index (χ0v) is 9.85. The maximum Gasteiger partial charge on any atom is 0.417 e. The van der Waals surface area contributed by atoms with Crippen molar-refractivity contribution in [3.05, 3.63) is 59.2 Å². The maximum absolute atomic E-state index is 13.8. The summed E-state index contributed by atoms with van der Waals surface area (Å²) in [6.45, 7) is 1.35. The maximum atomic E-state index is 13.8. The molecule has 2 rings (SSSR count). The Morgan fingerprint density at radius 1 is 0.842 bits per heavy atom. The minimum atomic E-state index is -4.62. The van der Waals surface area contributed by atoms with Gasteiger partial charge in [0.15, 0.2) is 0 Å².